The number of hydrogen-bond acceptors (Lipinski definition) is 5. The Kier molecular flexibility index (Phi) is 8.99. The van der Waals surface area contributed by atoms with Crippen molar-refractivity contribution in [2.75, 3.05) is 6.54 Å². The highest BCUT2D eigenvalue weighted by Crippen LogP contribution is 2.17. The minimum Gasteiger partial charge on any atom is -0.370 e. The quantitative estimate of drug-likeness (QED) is 0.285. The maximum Gasteiger partial charge on any atom is 0.244 e. The molecule has 0 radical (unpaired) electrons. The lowest BCUT2D eigenvalue weighted by molar-refractivity contribution is -0.138. The molecule has 6 N–H and O–H groups in total. The summed E-state index contributed by atoms with van der Waals surface area (Å²) in [6.45, 7) is 0.0193. The Labute approximate surface area is 142 Å². The first kappa shape index (κ1) is 20.1. The second-order valence-corrected chi connectivity index (χ2v) is 6.26. The van der Waals surface area contributed by atoms with Crippen molar-refractivity contribution >= 4 is 23.6 Å². The lowest BCUT2D eigenvalue weighted by atomic mass is 9.90. The molecule has 2 unspecified atom stereocenters. The van der Waals surface area contributed by atoms with Crippen LogP contribution in [0.25, 0.3) is 0 Å². The summed E-state index contributed by atoms with van der Waals surface area (Å²) < 4.78 is 0. The van der Waals surface area contributed by atoms with Crippen LogP contribution in [0.3, 0.4) is 0 Å². The van der Waals surface area contributed by atoms with Crippen LogP contribution in [0.15, 0.2) is 0 Å². The van der Waals surface area contributed by atoms with Crippen LogP contribution >= 0.6 is 0 Å². The van der Waals surface area contributed by atoms with E-state index in [1.807, 2.05) is 0 Å². The number of nitrogens with two attached hydrogens (primary N) is 2. The van der Waals surface area contributed by atoms with Gasteiger partial charge in [0, 0.05) is 6.42 Å². The summed E-state index contributed by atoms with van der Waals surface area (Å²) in [6.07, 6.45) is 7.70. The molecule has 0 aromatic heterocycles. The summed E-state index contributed by atoms with van der Waals surface area (Å²) in [6, 6.07) is -0.728. The maximum atomic E-state index is 11.8. The van der Waals surface area contributed by atoms with Gasteiger partial charge in [0.15, 0.2) is 0 Å². The molecule has 136 valence electrons. The third kappa shape index (κ3) is 7.54. The van der Waals surface area contributed by atoms with E-state index in [9.17, 15) is 19.2 Å². The summed E-state index contributed by atoms with van der Waals surface area (Å²) in [4.78, 5) is 45.1. The molecule has 2 atom stereocenters. The Morgan fingerprint density at radius 2 is 1.58 bits per heavy atom. The van der Waals surface area contributed by atoms with Gasteiger partial charge in [-0.25, -0.2) is 0 Å². The maximum absolute atomic E-state index is 11.8. The standard InChI is InChI=1S/C16H28N4O4/c17-12(21)9-7-5-3-1-2-4-6-8-11(15(18)23)14-16(24)20-13(22)10-19-14/h11,14,19H,1-10H2,(H2,17,21)(H2,18,23)(H,20,22,24). The number of nitrogens with one attached hydrogen (secondary N) is 2. The van der Waals surface area contributed by atoms with Crippen LogP contribution in [0.5, 0.6) is 0 Å². The first-order valence-corrected chi connectivity index (χ1v) is 8.56. The molecule has 0 bridgehead atoms. The first-order valence-electron chi connectivity index (χ1n) is 8.56. The number of piperazine rings is 1. The van der Waals surface area contributed by atoms with E-state index < -0.39 is 29.7 Å². The average Bonchev–Trinajstić information content (AvgIpc) is 2.50. The van der Waals surface area contributed by atoms with Gasteiger partial charge in [-0.05, 0) is 12.8 Å². The van der Waals surface area contributed by atoms with Crippen LogP contribution in [0, 0.1) is 5.92 Å². The molecule has 0 saturated carbocycles. The van der Waals surface area contributed by atoms with Crippen molar-refractivity contribution in [3.05, 3.63) is 0 Å². The van der Waals surface area contributed by atoms with Gasteiger partial charge in [-0.15, -0.1) is 0 Å². The van der Waals surface area contributed by atoms with Crippen LogP contribution in [-0.4, -0.2) is 36.2 Å². The highest BCUT2D eigenvalue weighted by Gasteiger charge is 2.35. The third-order valence-corrected chi connectivity index (χ3v) is 4.23. The zero-order valence-electron chi connectivity index (χ0n) is 14.0. The van der Waals surface area contributed by atoms with Gasteiger partial charge in [0.2, 0.25) is 23.6 Å². The summed E-state index contributed by atoms with van der Waals surface area (Å²) in [7, 11) is 0. The lowest BCUT2D eigenvalue weighted by Gasteiger charge is -2.28. The molecule has 8 heteroatoms. The molecule has 1 aliphatic rings. The van der Waals surface area contributed by atoms with Crippen molar-refractivity contribution < 1.29 is 19.2 Å². The first-order chi connectivity index (χ1) is 11.4. The van der Waals surface area contributed by atoms with Crippen LogP contribution in [-0.2, 0) is 19.2 Å². The number of carbonyl (C=O) groups is 4. The second kappa shape index (κ2) is 10.7. The molecule has 8 nitrogen and oxygen atoms in total. The average molecular weight is 340 g/mol. The molecule has 1 rings (SSSR count). The van der Waals surface area contributed by atoms with E-state index in [-0.39, 0.29) is 12.5 Å². The van der Waals surface area contributed by atoms with Gasteiger partial charge < -0.3 is 11.5 Å². The summed E-state index contributed by atoms with van der Waals surface area (Å²) >= 11 is 0. The van der Waals surface area contributed by atoms with E-state index in [0.717, 1.165) is 44.9 Å². The van der Waals surface area contributed by atoms with Crippen molar-refractivity contribution in [3.63, 3.8) is 0 Å². The zero-order valence-corrected chi connectivity index (χ0v) is 14.0. The lowest BCUT2D eigenvalue weighted by Crippen LogP contribution is -2.60. The molecule has 0 aromatic rings. The predicted octanol–water partition coefficient (Wildman–Crippen LogP) is -0.301. The van der Waals surface area contributed by atoms with Crippen molar-refractivity contribution in [2.45, 2.75) is 63.8 Å². The molecule has 4 amide bonds. The highest BCUT2D eigenvalue weighted by atomic mass is 16.2. The Bertz CT molecular complexity index is 467. The minimum absolute atomic E-state index is 0.0193. The topological polar surface area (TPSA) is 144 Å². The van der Waals surface area contributed by atoms with Crippen LogP contribution in [0.4, 0.5) is 0 Å². The summed E-state index contributed by atoms with van der Waals surface area (Å²) in [5.41, 5.74) is 10.5. The highest BCUT2D eigenvalue weighted by molar-refractivity contribution is 6.03. The smallest absolute Gasteiger partial charge is 0.244 e. The van der Waals surface area contributed by atoms with Crippen molar-refractivity contribution in [1.29, 1.82) is 0 Å². The van der Waals surface area contributed by atoms with Crippen LogP contribution in [0.1, 0.15) is 57.8 Å². The molecule has 1 aliphatic heterocycles. The molecule has 0 aromatic carbocycles. The fourth-order valence-electron chi connectivity index (χ4n) is 2.90. The number of imide groups is 1. The number of carbonyl (C=O) groups excluding carboxylic acids is 4. The largest absolute Gasteiger partial charge is 0.370 e. The van der Waals surface area contributed by atoms with Gasteiger partial charge in [-0.3, -0.25) is 29.8 Å². The zero-order chi connectivity index (χ0) is 17.9. The molecular formula is C16H28N4O4. The van der Waals surface area contributed by atoms with Gasteiger partial charge in [0.25, 0.3) is 0 Å². The van der Waals surface area contributed by atoms with E-state index in [4.69, 9.17) is 11.5 Å². The SMILES string of the molecule is NC(=O)CCCCCCCCCC(C(N)=O)C1NCC(=O)NC1=O. The van der Waals surface area contributed by atoms with E-state index in [2.05, 4.69) is 10.6 Å². The monoisotopic (exact) mass is 340 g/mol. The van der Waals surface area contributed by atoms with Gasteiger partial charge >= 0.3 is 0 Å². The fourth-order valence-corrected chi connectivity index (χ4v) is 2.90. The molecule has 24 heavy (non-hydrogen) atoms. The number of hydrogen-bond donors (Lipinski definition) is 4. The van der Waals surface area contributed by atoms with Gasteiger partial charge in [-0.1, -0.05) is 38.5 Å². The van der Waals surface area contributed by atoms with Gasteiger partial charge in [0.1, 0.15) is 0 Å². The van der Waals surface area contributed by atoms with Crippen LogP contribution in [0.2, 0.25) is 0 Å². The number of primary amides is 2. The summed E-state index contributed by atoms with van der Waals surface area (Å²) in [5.74, 6) is -2.26. The van der Waals surface area contributed by atoms with Crippen molar-refractivity contribution in [1.82, 2.24) is 10.6 Å². The Morgan fingerprint density at radius 3 is 2.12 bits per heavy atom. The van der Waals surface area contributed by atoms with E-state index >= 15 is 0 Å². The summed E-state index contributed by atoms with van der Waals surface area (Å²) in [5, 5.41) is 5.01. The van der Waals surface area contributed by atoms with Gasteiger partial charge in [0.05, 0.1) is 18.5 Å². The Balaban J connectivity index is 2.18. The number of amides is 4. The second-order valence-electron chi connectivity index (χ2n) is 6.26. The Hall–Kier alpha value is -1.96. The molecular weight excluding hydrogens is 312 g/mol. The Morgan fingerprint density at radius 1 is 1.00 bits per heavy atom. The molecule has 0 spiro atoms. The third-order valence-electron chi connectivity index (χ3n) is 4.23. The number of unbranched alkanes of at least 4 members (excludes halogenated alkanes) is 6. The van der Waals surface area contributed by atoms with E-state index in [0.29, 0.717) is 12.8 Å². The van der Waals surface area contributed by atoms with Crippen molar-refractivity contribution in [3.8, 4) is 0 Å². The van der Waals surface area contributed by atoms with Gasteiger partial charge in [-0.2, -0.15) is 0 Å². The minimum atomic E-state index is -0.728. The van der Waals surface area contributed by atoms with Crippen molar-refractivity contribution in [2.24, 2.45) is 17.4 Å². The molecule has 1 saturated heterocycles. The molecule has 1 heterocycles. The van der Waals surface area contributed by atoms with E-state index in [1.54, 1.807) is 0 Å². The molecule has 0 aliphatic carbocycles. The normalized spacial score (nSPS) is 18.9. The van der Waals surface area contributed by atoms with Crippen LogP contribution < -0.4 is 22.1 Å². The predicted molar refractivity (Wildman–Crippen MR) is 88.4 cm³/mol. The number of rotatable bonds is 12. The fraction of sp³-hybridized carbons (Fsp3) is 0.750. The molecule has 1 fully saturated rings. The van der Waals surface area contributed by atoms with E-state index in [1.165, 1.54) is 0 Å².